The van der Waals surface area contributed by atoms with Crippen molar-refractivity contribution in [3.8, 4) is 22.6 Å². The van der Waals surface area contributed by atoms with Gasteiger partial charge < -0.3 is 9.47 Å². The Morgan fingerprint density at radius 3 is 2.21 bits per heavy atom. The Kier molecular flexibility index (Phi) is 5.43. The van der Waals surface area contributed by atoms with Gasteiger partial charge >= 0.3 is 0 Å². The van der Waals surface area contributed by atoms with Crippen LogP contribution in [-0.2, 0) is 0 Å². The second-order valence-electron chi connectivity index (χ2n) is 7.16. The van der Waals surface area contributed by atoms with Crippen LogP contribution in [0.15, 0.2) is 72.8 Å². The molecule has 0 N–H and O–H groups in total. The summed E-state index contributed by atoms with van der Waals surface area (Å²) in [6.07, 6.45) is 5.01. The molecule has 3 heteroatoms. The van der Waals surface area contributed by atoms with E-state index in [-0.39, 0.29) is 5.78 Å². The minimum Gasteiger partial charge on any atom is -0.497 e. The van der Waals surface area contributed by atoms with E-state index in [0.29, 0.717) is 23.0 Å². The lowest BCUT2D eigenvalue weighted by atomic mass is 9.93. The van der Waals surface area contributed by atoms with Gasteiger partial charge in [-0.3, -0.25) is 4.79 Å². The van der Waals surface area contributed by atoms with E-state index in [1.165, 1.54) is 12.8 Å². The number of ether oxygens (including phenoxy) is 2. The van der Waals surface area contributed by atoms with Crippen molar-refractivity contribution in [2.24, 2.45) is 0 Å². The molecule has 28 heavy (non-hydrogen) atoms. The normalized spacial score (nSPS) is 14.0. The van der Waals surface area contributed by atoms with Gasteiger partial charge in [0.25, 0.3) is 0 Å². The van der Waals surface area contributed by atoms with Crippen LogP contribution in [0.4, 0.5) is 0 Å². The highest BCUT2D eigenvalue weighted by Crippen LogP contribution is 2.30. The summed E-state index contributed by atoms with van der Waals surface area (Å²) in [5.41, 5.74) is 3.19. The maximum atomic E-state index is 13.3. The highest BCUT2D eigenvalue weighted by Gasteiger charge is 2.18. The smallest absolute Gasteiger partial charge is 0.193 e. The molecule has 0 amide bonds. The summed E-state index contributed by atoms with van der Waals surface area (Å²) >= 11 is 0. The molecule has 4 rings (SSSR count). The Balaban J connectivity index is 1.63. The summed E-state index contributed by atoms with van der Waals surface area (Å²) in [6, 6.07) is 23.1. The topological polar surface area (TPSA) is 35.5 Å². The number of methoxy groups -OCH3 is 1. The summed E-state index contributed by atoms with van der Waals surface area (Å²) in [4.78, 5) is 13.3. The average Bonchev–Trinajstić information content (AvgIpc) is 3.27. The largest absolute Gasteiger partial charge is 0.497 e. The molecule has 1 saturated carbocycles. The first kappa shape index (κ1) is 18.3. The van der Waals surface area contributed by atoms with Crippen LogP contribution in [0.5, 0.6) is 11.5 Å². The fourth-order valence-electron chi connectivity index (χ4n) is 3.75. The van der Waals surface area contributed by atoms with Gasteiger partial charge in [0.2, 0.25) is 0 Å². The van der Waals surface area contributed by atoms with Gasteiger partial charge in [0.1, 0.15) is 11.5 Å². The van der Waals surface area contributed by atoms with E-state index in [1.54, 1.807) is 7.11 Å². The van der Waals surface area contributed by atoms with Gasteiger partial charge in [-0.25, -0.2) is 0 Å². The monoisotopic (exact) mass is 372 g/mol. The molecule has 3 aromatic rings. The van der Waals surface area contributed by atoms with Crippen LogP contribution >= 0.6 is 0 Å². The van der Waals surface area contributed by atoms with Crippen LogP contribution in [0.3, 0.4) is 0 Å². The van der Waals surface area contributed by atoms with Crippen molar-refractivity contribution in [2.45, 2.75) is 31.8 Å². The van der Waals surface area contributed by atoms with Crippen molar-refractivity contribution in [2.75, 3.05) is 7.11 Å². The summed E-state index contributed by atoms with van der Waals surface area (Å²) in [5.74, 6) is 1.48. The average molecular weight is 372 g/mol. The summed E-state index contributed by atoms with van der Waals surface area (Å²) in [7, 11) is 1.61. The molecule has 1 aliphatic rings. The molecule has 0 heterocycles. The van der Waals surface area contributed by atoms with Gasteiger partial charge in [0.05, 0.1) is 13.2 Å². The molecular weight excluding hydrogens is 348 g/mol. The molecular formula is C25H24O3. The van der Waals surface area contributed by atoms with Crippen LogP contribution in [0, 0.1) is 0 Å². The Labute approximate surface area is 165 Å². The lowest BCUT2D eigenvalue weighted by Crippen LogP contribution is -2.11. The zero-order valence-electron chi connectivity index (χ0n) is 16.1. The number of carbonyl (C=O) groups excluding carboxylic acids is 1. The van der Waals surface area contributed by atoms with Gasteiger partial charge in [-0.1, -0.05) is 30.3 Å². The lowest BCUT2D eigenvalue weighted by Gasteiger charge is -2.14. The second-order valence-corrected chi connectivity index (χ2v) is 7.16. The molecule has 142 valence electrons. The molecule has 3 nitrogen and oxygen atoms in total. The highest BCUT2D eigenvalue weighted by molar-refractivity contribution is 6.13. The SMILES string of the molecule is COc1ccc(-c2ccccc2)c(C(=O)c2ccc(OC3CCCC3)cc2)c1. The fraction of sp³-hybridized carbons (Fsp3) is 0.240. The Hall–Kier alpha value is -3.07. The van der Waals surface area contributed by atoms with Gasteiger partial charge in [0, 0.05) is 11.1 Å². The number of hydrogen-bond acceptors (Lipinski definition) is 3. The first-order valence-corrected chi connectivity index (χ1v) is 9.79. The molecule has 0 spiro atoms. The highest BCUT2D eigenvalue weighted by atomic mass is 16.5. The van der Waals surface area contributed by atoms with Crippen molar-refractivity contribution in [1.82, 2.24) is 0 Å². The number of carbonyl (C=O) groups is 1. The molecule has 0 unspecified atom stereocenters. The molecule has 1 aliphatic carbocycles. The lowest BCUT2D eigenvalue weighted by molar-refractivity contribution is 0.103. The molecule has 0 aromatic heterocycles. The van der Waals surface area contributed by atoms with E-state index in [4.69, 9.17) is 9.47 Å². The molecule has 0 radical (unpaired) electrons. The Morgan fingerprint density at radius 2 is 1.54 bits per heavy atom. The van der Waals surface area contributed by atoms with E-state index >= 15 is 0 Å². The van der Waals surface area contributed by atoms with Crippen molar-refractivity contribution < 1.29 is 14.3 Å². The Morgan fingerprint density at radius 1 is 0.857 bits per heavy atom. The first-order chi connectivity index (χ1) is 13.7. The zero-order chi connectivity index (χ0) is 19.3. The number of hydrogen-bond donors (Lipinski definition) is 0. The van der Waals surface area contributed by atoms with Crippen LogP contribution in [0.25, 0.3) is 11.1 Å². The van der Waals surface area contributed by atoms with Gasteiger partial charge in [-0.05, 0) is 79.3 Å². The number of benzene rings is 3. The van der Waals surface area contributed by atoms with Crippen LogP contribution in [0.2, 0.25) is 0 Å². The fourth-order valence-corrected chi connectivity index (χ4v) is 3.75. The third kappa shape index (κ3) is 3.94. The van der Waals surface area contributed by atoms with E-state index in [1.807, 2.05) is 72.8 Å². The van der Waals surface area contributed by atoms with Gasteiger partial charge in [-0.2, -0.15) is 0 Å². The van der Waals surface area contributed by atoms with Crippen molar-refractivity contribution >= 4 is 5.78 Å². The standard InChI is InChI=1S/C25H24O3/c1-27-22-15-16-23(18-7-3-2-4-8-18)24(17-22)25(26)19-11-13-21(14-12-19)28-20-9-5-6-10-20/h2-4,7-8,11-17,20H,5-6,9-10H2,1H3. The zero-order valence-corrected chi connectivity index (χ0v) is 16.1. The number of ketones is 1. The van der Waals surface area contributed by atoms with Gasteiger partial charge in [0.15, 0.2) is 5.78 Å². The maximum absolute atomic E-state index is 13.3. The first-order valence-electron chi connectivity index (χ1n) is 9.79. The summed E-state index contributed by atoms with van der Waals surface area (Å²) in [6.45, 7) is 0. The van der Waals surface area contributed by atoms with E-state index < -0.39 is 0 Å². The molecule has 0 saturated heterocycles. The third-order valence-corrected chi connectivity index (χ3v) is 5.28. The van der Waals surface area contributed by atoms with E-state index in [9.17, 15) is 4.79 Å². The van der Waals surface area contributed by atoms with Crippen LogP contribution in [-0.4, -0.2) is 19.0 Å². The molecule has 0 atom stereocenters. The summed E-state index contributed by atoms with van der Waals surface area (Å²) < 4.78 is 11.4. The Bertz CT molecular complexity index is 939. The molecule has 0 bridgehead atoms. The quantitative estimate of drug-likeness (QED) is 0.504. The molecule has 1 fully saturated rings. The summed E-state index contributed by atoms with van der Waals surface area (Å²) in [5, 5.41) is 0. The molecule has 0 aliphatic heterocycles. The maximum Gasteiger partial charge on any atom is 0.193 e. The van der Waals surface area contributed by atoms with Crippen LogP contribution in [0.1, 0.15) is 41.6 Å². The predicted molar refractivity (Wildman–Crippen MR) is 111 cm³/mol. The van der Waals surface area contributed by atoms with Crippen molar-refractivity contribution in [3.63, 3.8) is 0 Å². The van der Waals surface area contributed by atoms with Crippen molar-refractivity contribution in [3.05, 3.63) is 83.9 Å². The number of rotatable bonds is 6. The van der Waals surface area contributed by atoms with Crippen LogP contribution < -0.4 is 9.47 Å². The second kappa shape index (κ2) is 8.30. The minimum absolute atomic E-state index is 0.0230. The van der Waals surface area contributed by atoms with E-state index in [0.717, 1.165) is 29.7 Å². The van der Waals surface area contributed by atoms with Gasteiger partial charge in [-0.15, -0.1) is 0 Å². The van der Waals surface area contributed by atoms with E-state index in [2.05, 4.69) is 0 Å². The minimum atomic E-state index is -0.0230. The predicted octanol–water partition coefficient (Wildman–Crippen LogP) is 5.91. The molecule has 3 aromatic carbocycles. The van der Waals surface area contributed by atoms with Crippen molar-refractivity contribution in [1.29, 1.82) is 0 Å². The third-order valence-electron chi connectivity index (χ3n) is 5.28.